The summed E-state index contributed by atoms with van der Waals surface area (Å²) < 4.78 is 0. The van der Waals surface area contributed by atoms with E-state index >= 15 is 0 Å². The molecule has 4 rings (SSSR count). The van der Waals surface area contributed by atoms with E-state index in [0.29, 0.717) is 30.4 Å². The molecule has 0 spiro atoms. The maximum atomic E-state index is 12.7. The number of unbranched alkanes of at least 4 members (excludes halogenated alkanes) is 1. The Morgan fingerprint density at radius 2 is 1.03 bits per heavy atom. The number of Topliss-reactive ketones (excluding diaryl/α,β-unsaturated/α-hetero) is 3. The lowest BCUT2D eigenvalue weighted by Gasteiger charge is -2.07. The molecule has 0 N–H and O–H groups in total. The monoisotopic (exact) mass is 394 g/mol. The molecule has 0 amide bonds. The third-order valence-corrected chi connectivity index (χ3v) is 5.44. The van der Waals surface area contributed by atoms with Crippen LogP contribution in [0.25, 0.3) is 21.5 Å². The summed E-state index contributed by atoms with van der Waals surface area (Å²) in [6.07, 6.45) is 1.62. The van der Waals surface area contributed by atoms with E-state index in [1.165, 1.54) is 0 Å². The molecule has 4 aromatic carbocycles. The first kappa shape index (κ1) is 19.7. The summed E-state index contributed by atoms with van der Waals surface area (Å²) in [5.41, 5.74) is 1.16. The van der Waals surface area contributed by atoms with E-state index in [-0.39, 0.29) is 12.2 Å². The molecule has 0 bridgehead atoms. The molecule has 30 heavy (non-hydrogen) atoms. The molecule has 3 heteroatoms. The highest BCUT2D eigenvalue weighted by Gasteiger charge is 2.18. The summed E-state index contributed by atoms with van der Waals surface area (Å²) in [4.78, 5) is 37.7. The molecular weight excluding hydrogens is 372 g/mol. The largest absolute Gasteiger partial charge is 0.294 e. The van der Waals surface area contributed by atoms with Gasteiger partial charge >= 0.3 is 0 Å². The van der Waals surface area contributed by atoms with Gasteiger partial charge in [0.05, 0.1) is 0 Å². The van der Waals surface area contributed by atoms with Crippen LogP contribution in [0.4, 0.5) is 0 Å². The van der Waals surface area contributed by atoms with Crippen LogP contribution >= 0.6 is 0 Å². The Morgan fingerprint density at radius 1 is 0.533 bits per heavy atom. The van der Waals surface area contributed by atoms with Crippen LogP contribution < -0.4 is 0 Å². The number of carbonyl (C=O) groups excluding carboxylic acids is 3. The van der Waals surface area contributed by atoms with E-state index in [9.17, 15) is 14.4 Å². The Hall–Kier alpha value is -3.59. The van der Waals surface area contributed by atoms with Crippen molar-refractivity contribution in [2.45, 2.75) is 25.7 Å². The quantitative estimate of drug-likeness (QED) is 0.203. The Morgan fingerprint density at radius 3 is 1.70 bits per heavy atom. The molecule has 0 aliphatic heterocycles. The number of ketones is 3. The minimum atomic E-state index is -0.452. The third kappa shape index (κ3) is 4.06. The molecule has 0 radical (unpaired) electrons. The average Bonchev–Trinajstić information content (AvgIpc) is 2.80. The van der Waals surface area contributed by atoms with Gasteiger partial charge in [-0.3, -0.25) is 14.4 Å². The van der Waals surface area contributed by atoms with Crippen molar-refractivity contribution in [1.29, 1.82) is 0 Å². The molecule has 4 aromatic rings. The fourth-order valence-electron chi connectivity index (χ4n) is 3.86. The van der Waals surface area contributed by atoms with Gasteiger partial charge in [-0.15, -0.1) is 0 Å². The predicted molar refractivity (Wildman–Crippen MR) is 120 cm³/mol. The third-order valence-electron chi connectivity index (χ3n) is 5.44. The van der Waals surface area contributed by atoms with Crippen molar-refractivity contribution in [2.75, 3.05) is 0 Å². The highest BCUT2D eigenvalue weighted by Crippen LogP contribution is 2.22. The zero-order valence-corrected chi connectivity index (χ0v) is 16.6. The summed E-state index contributed by atoms with van der Waals surface area (Å²) in [5, 5.41) is 3.73. The van der Waals surface area contributed by atoms with Gasteiger partial charge in [-0.1, -0.05) is 84.9 Å². The Bertz CT molecular complexity index is 1240. The van der Waals surface area contributed by atoms with E-state index in [2.05, 4.69) is 0 Å². The van der Waals surface area contributed by atoms with E-state index in [1.807, 2.05) is 72.8 Å². The van der Waals surface area contributed by atoms with Crippen LogP contribution in [0.2, 0.25) is 0 Å². The van der Waals surface area contributed by atoms with Crippen molar-refractivity contribution < 1.29 is 14.4 Å². The summed E-state index contributed by atoms with van der Waals surface area (Å²) >= 11 is 0. The molecule has 0 aliphatic rings. The summed E-state index contributed by atoms with van der Waals surface area (Å²) in [6.45, 7) is 0. The van der Waals surface area contributed by atoms with E-state index < -0.39 is 11.6 Å². The molecule has 0 heterocycles. The van der Waals surface area contributed by atoms with Crippen molar-refractivity contribution >= 4 is 38.9 Å². The van der Waals surface area contributed by atoms with Gasteiger partial charge in [-0.2, -0.15) is 0 Å². The molecule has 0 fully saturated rings. The number of fused-ring (bicyclic) bond motifs is 2. The Labute approximate surface area is 175 Å². The fourth-order valence-corrected chi connectivity index (χ4v) is 3.86. The van der Waals surface area contributed by atoms with Crippen LogP contribution in [-0.4, -0.2) is 17.3 Å². The van der Waals surface area contributed by atoms with Crippen LogP contribution in [0.1, 0.15) is 46.4 Å². The van der Waals surface area contributed by atoms with Gasteiger partial charge < -0.3 is 0 Å². The minimum absolute atomic E-state index is 0.0691. The van der Waals surface area contributed by atoms with Gasteiger partial charge in [0.2, 0.25) is 11.6 Å². The molecule has 0 unspecified atom stereocenters. The number of carbonyl (C=O) groups is 3. The molecular formula is C27H22O3. The molecule has 3 nitrogen and oxygen atoms in total. The molecule has 0 aromatic heterocycles. The van der Waals surface area contributed by atoms with Crippen LogP contribution in [0.15, 0.2) is 84.9 Å². The average molecular weight is 394 g/mol. The van der Waals surface area contributed by atoms with Crippen molar-refractivity contribution in [1.82, 2.24) is 0 Å². The van der Waals surface area contributed by atoms with Crippen LogP contribution in [0, 0.1) is 0 Å². The van der Waals surface area contributed by atoms with Crippen molar-refractivity contribution in [3.05, 3.63) is 96.1 Å². The smallest absolute Gasteiger partial charge is 0.229 e. The second-order valence-corrected chi connectivity index (χ2v) is 7.44. The molecule has 0 atom stereocenters. The topological polar surface area (TPSA) is 51.2 Å². The van der Waals surface area contributed by atoms with Gasteiger partial charge in [-0.25, -0.2) is 0 Å². The van der Waals surface area contributed by atoms with Gasteiger partial charge in [0.1, 0.15) is 0 Å². The highest BCUT2D eigenvalue weighted by atomic mass is 16.2. The van der Waals surface area contributed by atoms with Gasteiger partial charge in [0.15, 0.2) is 5.78 Å². The van der Waals surface area contributed by atoms with Gasteiger partial charge in [0.25, 0.3) is 0 Å². The first-order valence-electron chi connectivity index (χ1n) is 10.2. The number of hydrogen-bond donors (Lipinski definition) is 0. The SMILES string of the molecule is O=C(CCCCC(=O)c1cccc2ccccc12)C(=O)c1cccc2ccccc12. The Kier molecular flexibility index (Phi) is 5.80. The zero-order valence-electron chi connectivity index (χ0n) is 16.6. The Balaban J connectivity index is 1.35. The van der Waals surface area contributed by atoms with Crippen LogP contribution in [0.5, 0.6) is 0 Å². The van der Waals surface area contributed by atoms with Crippen LogP contribution in [0.3, 0.4) is 0 Å². The number of hydrogen-bond acceptors (Lipinski definition) is 3. The summed E-state index contributed by atoms with van der Waals surface area (Å²) in [6, 6.07) is 26.5. The number of rotatable bonds is 8. The molecule has 148 valence electrons. The maximum absolute atomic E-state index is 12.7. The fraction of sp³-hybridized carbons (Fsp3) is 0.148. The van der Waals surface area contributed by atoms with Crippen LogP contribution in [-0.2, 0) is 4.79 Å². The lowest BCUT2D eigenvalue weighted by molar-refractivity contribution is -0.115. The van der Waals surface area contributed by atoms with Gasteiger partial charge in [0, 0.05) is 24.0 Å². The second-order valence-electron chi connectivity index (χ2n) is 7.44. The number of benzene rings is 4. The van der Waals surface area contributed by atoms with E-state index in [0.717, 1.165) is 21.5 Å². The minimum Gasteiger partial charge on any atom is -0.294 e. The van der Waals surface area contributed by atoms with Crippen molar-refractivity contribution in [3.8, 4) is 0 Å². The lowest BCUT2D eigenvalue weighted by atomic mass is 9.96. The first-order chi connectivity index (χ1) is 14.6. The summed E-state index contributed by atoms with van der Waals surface area (Å²) in [7, 11) is 0. The van der Waals surface area contributed by atoms with Crippen molar-refractivity contribution in [3.63, 3.8) is 0 Å². The predicted octanol–water partition coefficient (Wildman–Crippen LogP) is 6.19. The van der Waals surface area contributed by atoms with E-state index in [1.54, 1.807) is 12.1 Å². The highest BCUT2D eigenvalue weighted by molar-refractivity contribution is 6.45. The molecule has 0 aliphatic carbocycles. The maximum Gasteiger partial charge on any atom is 0.229 e. The molecule has 0 saturated heterocycles. The lowest BCUT2D eigenvalue weighted by Crippen LogP contribution is -2.14. The second kappa shape index (κ2) is 8.83. The van der Waals surface area contributed by atoms with Gasteiger partial charge in [-0.05, 0) is 34.4 Å². The standard InChI is InChI=1S/C27H22O3/c28-25(23-15-7-11-19-9-1-3-13-21(19)23)17-5-6-18-26(29)27(30)24-16-8-12-20-10-2-4-14-22(20)24/h1-4,7-16H,5-6,17-18H2. The first-order valence-corrected chi connectivity index (χ1v) is 10.2. The zero-order chi connectivity index (χ0) is 20.9. The van der Waals surface area contributed by atoms with Crippen molar-refractivity contribution in [2.24, 2.45) is 0 Å². The van der Waals surface area contributed by atoms with E-state index in [4.69, 9.17) is 0 Å². The summed E-state index contributed by atoms with van der Waals surface area (Å²) in [5.74, 6) is -0.782. The molecule has 0 saturated carbocycles. The normalized spacial score (nSPS) is 10.9.